The van der Waals surface area contributed by atoms with E-state index in [1.807, 2.05) is 42.1 Å². The Morgan fingerprint density at radius 2 is 2.06 bits per heavy atom. The van der Waals surface area contributed by atoms with E-state index in [-0.39, 0.29) is 0 Å². The maximum atomic E-state index is 8.83. The van der Waals surface area contributed by atoms with Crippen LogP contribution in [0, 0.1) is 18.3 Å². The van der Waals surface area contributed by atoms with Crippen molar-refractivity contribution >= 4 is 0 Å². The van der Waals surface area contributed by atoms with Crippen LogP contribution in [-0.4, -0.2) is 9.78 Å². The number of aromatic nitrogens is 2. The van der Waals surface area contributed by atoms with E-state index in [2.05, 4.69) is 25.0 Å². The summed E-state index contributed by atoms with van der Waals surface area (Å²) in [5, 5.41) is 13.4. The van der Waals surface area contributed by atoms with Gasteiger partial charge in [0.15, 0.2) is 0 Å². The molecule has 0 aliphatic carbocycles. The predicted octanol–water partition coefficient (Wildman–Crippen LogP) is 3.18. The van der Waals surface area contributed by atoms with Crippen molar-refractivity contribution in [1.29, 1.82) is 5.26 Å². The van der Waals surface area contributed by atoms with Crippen LogP contribution in [0.2, 0.25) is 0 Å². The number of hydrogen-bond acceptors (Lipinski definition) is 2. The zero-order chi connectivity index (χ0) is 12.4. The molecule has 0 fully saturated rings. The molecule has 0 unspecified atom stereocenters. The summed E-state index contributed by atoms with van der Waals surface area (Å²) in [5.41, 5.74) is 3.84. The van der Waals surface area contributed by atoms with Crippen molar-refractivity contribution in [3.05, 3.63) is 47.3 Å². The SMILES string of the molecule is Cc1cc(C#N)ccc1-n1ccc(C(C)C)n1. The molecular weight excluding hydrogens is 210 g/mol. The van der Waals surface area contributed by atoms with E-state index in [1.54, 1.807) is 0 Å². The minimum Gasteiger partial charge on any atom is -0.240 e. The average Bonchev–Trinajstić information content (AvgIpc) is 2.78. The number of nitrogens with zero attached hydrogens (tertiary/aromatic N) is 3. The van der Waals surface area contributed by atoms with Gasteiger partial charge in [-0.15, -0.1) is 0 Å². The predicted molar refractivity (Wildman–Crippen MR) is 67.1 cm³/mol. The van der Waals surface area contributed by atoms with Crippen LogP contribution in [0.1, 0.15) is 36.6 Å². The van der Waals surface area contributed by atoms with Crippen molar-refractivity contribution in [3.63, 3.8) is 0 Å². The van der Waals surface area contributed by atoms with Crippen LogP contribution in [-0.2, 0) is 0 Å². The molecule has 2 rings (SSSR count). The fraction of sp³-hybridized carbons (Fsp3) is 0.286. The van der Waals surface area contributed by atoms with Crippen molar-refractivity contribution in [2.24, 2.45) is 0 Å². The third-order valence-corrected chi connectivity index (χ3v) is 2.77. The molecule has 0 saturated carbocycles. The summed E-state index contributed by atoms with van der Waals surface area (Å²) in [7, 11) is 0. The Bertz CT molecular complexity index is 573. The van der Waals surface area contributed by atoms with Gasteiger partial charge in [-0.1, -0.05) is 13.8 Å². The fourth-order valence-corrected chi connectivity index (χ4v) is 1.76. The van der Waals surface area contributed by atoms with Crippen molar-refractivity contribution in [2.75, 3.05) is 0 Å². The molecule has 17 heavy (non-hydrogen) atoms. The molecule has 0 saturated heterocycles. The lowest BCUT2D eigenvalue weighted by molar-refractivity contribution is 0.766. The Kier molecular flexibility index (Phi) is 2.97. The topological polar surface area (TPSA) is 41.6 Å². The van der Waals surface area contributed by atoms with E-state index in [4.69, 9.17) is 5.26 Å². The zero-order valence-electron chi connectivity index (χ0n) is 10.3. The summed E-state index contributed by atoms with van der Waals surface area (Å²) < 4.78 is 1.87. The first-order valence-corrected chi connectivity index (χ1v) is 5.68. The average molecular weight is 225 g/mol. The molecule has 0 radical (unpaired) electrons. The summed E-state index contributed by atoms with van der Waals surface area (Å²) >= 11 is 0. The summed E-state index contributed by atoms with van der Waals surface area (Å²) in [6.07, 6.45) is 1.96. The maximum Gasteiger partial charge on any atom is 0.0991 e. The molecule has 86 valence electrons. The quantitative estimate of drug-likeness (QED) is 0.787. The number of nitriles is 1. The standard InChI is InChI=1S/C14H15N3/c1-10(2)13-6-7-17(16-13)14-5-4-12(9-15)8-11(14)3/h4-8,10H,1-3H3. The molecule has 0 bridgehead atoms. The summed E-state index contributed by atoms with van der Waals surface area (Å²) in [4.78, 5) is 0. The molecule has 0 spiro atoms. The molecule has 3 heteroatoms. The third kappa shape index (κ3) is 2.21. The van der Waals surface area contributed by atoms with E-state index in [9.17, 15) is 0 Å². The van der Waals surface area contributed by atoms with Gasteiger partial charge in [-0.3, -0.25) is 0 Å². The van der Waals surface area contributed by atoms with Crippen LogP contribution in [0.3, 0.4) is 0 Å². The highest BCUT2D eigenvalue weighted by Gasteiger charge is 2.07. The van der Waals surface area contributed by atoms with Gasteiger partial charge in [0.2, 0.25) is 0 Å². The van der Waals surface area contributed by atoms with Crippen molar-refractivity contribution < 1.29 is 0 Å². The highest BCUT2D eigenvalue weighted by atomic mass is 15.3. The van der Waals surface area contributed by atoms with Crippen molar-refractivity contribution in [3.8, 4) is 11.8 Å². The highest BCUT2D eigenvalue weighted by Crippen LogP contribution is 2.17. The monoisotopic (exact) mass is 225 g/mol. The molecule has 0 amide bonds. The van der Waals surface area contributed by atoms with Gasteiger partial charge in [-0.25, -0.2) is 4.68 Å². The second kappa shape index (κ2) is 4.42. The molecule has 0 atom stereocenters. The van der Waals surface area contributed by atoms with Gasteiger partial charge in [-0.05, 0) is 42.7 Å². The largest absolute Gasteiger partial charge is 0.240 e. The Hall–Kier alpha value is -2.08. The molecule has 3 nitrogen and oxygen atoms in total. The molecule has 2 aromatic rings. The summed E-state index contributed by atoms with van der Waals surface area (Å²) in [6, 6.07) is 9.81. The molecular formula is C14H15N3. The lowest BCUT2D eigenvalue weighted by atomic mass is 10.1. The van der Waals surface area contributed by atoms with Crippen LogP contribution >= 0.6 is 0 Å². The van der Waals surface area contributed by atoms with E-state index in [0.717, 1.165) is 16.9 Å². The Balaban J connectivity index is 2.43. The second-order valence-electron chi connectivity index (χ2n) is 4.45. The van der Waals surface area contributed by atoms with Gasteiger partial charge < -0.3 is 0 Å². The number of rotatable bonds is 2. The Morgan fingerprint density at radius 3 is 2.59 bits per heavy atom. The molecule has 1 aromatic carbocycles. The van der Waals surface area contributed by atoms with Crippen LogP contribution in [0.25, 0.3) is 5.69 Å². The number of hydrogen-bond donors (Lipinski definition) is 0. The van der Waals surface area contributed by atoms with E-state index >= 15 is 0 Å². The van der Waals surface area contributed by atoms with Gasteiger partial charge in [-0.2, -0.15) is 10.4 Å². The van der Waals surface area contributed by atoms with Gasteiger partial charge in [0.25, 0.3) is 0 Å². The van der Waals surface area contributed by atoms with Gasteiger partial charge >= 0.3 is 0 Å². The summed E-state index contributed by atoms with van der Waals surface area (Å²) in [5.74, 6) is 0.426. The lowest BCUT2D eigenvalue weighted by Crippen LogP contribution is -1.99. The maximum absolute atomic E-state index is 8.83. The normalized spacial score (nSPS) is 10.5. The van der Waals surface area contributed by atoms with Crippen LogP contribution in [0.4, 0.5) is 0 Å². The highest BCUT2D eigenvalue weighted by molar-refractivity contribution is 5.45. The van der Waals surface area contributed by atoms with E-state index < -0.39 is 0 Å². The van der Waals surface area contributed by atoms with Gasteiger partial charge in [0.1, 0.15) is 0 Å². The van der Waals surface area contributed by atoms with Crippen LogP contribution in [0.15, 0.2) is 30.5 Å². The Morgan fingerprint density at radius 1 is 1.29 bits per heavy atom. The first-order valence-electron chi connectivity index (χ1n) is 5.68. The molecule has 0 aliphatic rings. The third-order valence-electron chi connectivity index (χ3n) is 2.77. The Labute approximate surface area is 101 Å². The second-order valence-corrected chi connectivity index (χ2v) is 4.45. The number of aryl methyl sites for hydroxylation is 1. The first-order chi connectivity index (χ1) is 8.11. The molecule has 0 N–H and O–H groups in total. The molecule has 1 aromatic heterocycles. The van der Waals surface area contributed by atoms with Crippen LogP contribution < -0.4 is 0 Å². The lowest BCUT2D eigenvalue weighted by Gasteiger charge is -2.06. The number of benzene rings is 1. The van der Waals surface area contributed by atoms with E-state index in [1.165, 1.54) is 0 Å². The minimum absolute atomic E-state index is 0.426. The fourth-order valence-electron chi connectivity index (χ4n) is 1.76. The van der Waals surface area contributed by atoms with E-state index in [0.29, 0.717) is 11.5 Å². The van der Waals surface area contributed by atoms with Gasteiger partial charge in [0.05, 0.1) is 23.0 Å². The van der Waals surface area contributed by atoms with Crippen molar-refractivity contribution in [2.45, 2.75) is 26.7 Å². The van der Waals surface area contributed by atoms with Gasteiger partial charge in [0, 0.05) is 6.20 Å². The van der Waals surface area contributed by atoms with Crippen LogP contribution in [0.5, 0.6) is 0 Å². The molecule has 1 heterocycles. The smallest absolute Gasteiger partial charge is 0.0991 e. The van der Waals surface area contributed by atoms with Crippen molar-refractivity contribution in [1.82, 2.24) is 9.78 Å². The molecule has 0 aliphatic heterocycles. The minimum atomic E-state index is 0.426. The zero-order valence-corrected chi connectivity index (χ0v) is 10.3. The first kappa shape index (κ1) is 11.4. The summed E-state index contributed by atoms with van der Waals surface area (Å²) in [6.45, 7) is 6.24.